The van der Waals surface area contributed by atoms with Crippen LogP contribution >= 0.6 is 0 Å². The number of carbonyl (C=O) groups excluding carboxylic acids is 2. The molecule has 2 aromatic carbocycles. The summed E-state index contributed by atoms with van der Waals surface area (Å²) in [6, 6.07) is 13.9. The highest BCUT2D eigenvalue weighted by atomic mass is 16.5. The van der Waals surface area contributed by atoms with Gasteiger partial charge in [-0.15, -0.1) is 0 Å². The quantitative estimate of drug-likeness (QED) is 0.356. The van der Waals surface area contributed by atoms with Crippen LogP contribution in [0.1, 0.15) is 39.9 Å². The minimum absolute atomic E-state index is 0.0701. The molecule has 0 fully saturated rings. The van der Waals surface area contributed by atoms with Gasteiger partial charge in [0.2, 0.25) is 0 Å². The summed E-state index contributed by atoms with van der Waals surface area (Å²) in [5, 5.41) is 3.90. The summed E-state index contributed by atoms with van der Waals surface area (Å²) in [5.74, 6) is 1.36. The number of Topliss-reactive ketones (excluding diaryl/α,β-unsaturated/α-hetero) is 1. The maximum Gasteiger partial charge on any atom is 0.310 e. The van der Waals surface area contributed by atoms with E-state index in [4.69, 9.17) is 18.7 Å². The molecular weight excluding hydrogens is 398 g/mol. The maximum atomic E-state index is 12.2. The van der Waals surface area contributed by atoms with Gasteiger partial charge in [0.15, 0.2) is 12.4 Å². The lowest BCUT2D eigenvalue weighted by molar-refractivity contribution is -0.141. The molecule has 3 aromatic rings. The molecule has 0 amide bonds. The molecule has 0 bridgehead atoms. The lowest BCUT2D eigenvalue weighted by Gasteiger charge is -2.08. The number of carbonyl (C=O) groups is 2. The standard InChI is InChI=1S/C24H25NO6/c1-4-28-20-11-7-19(8-12-20)23(26)15-30-24(27)13-18-5-9-21(10-6-18)29-14-22-16(2)25-31-17(22)3/h5-12H,4,13-15H2,1-3H3. The minimum Gasteiger partial charge on any atom is -0.494 e. The van der Waals surface area contributed by atoms with Crippen LogP contribution in [0.3, 0.4) is 0 Å². The van der Waals surface area contributed by atoms with E-state index in [1.807, 2.05) is 20.8 Å². The maximum absolute atomic E-state index is 12.2. The fraction of sp³-hybridized carbons (Fsp3) is 0.292. The molecule has 0 spiro atoms. The Bertz CT molecular complexity index is 1000. The van der Waals surface area contributed by atoms with E-state index < -0.39 is 5.97 Å². The number of benzene rings is 2. The van der Waals surface area contributed by atoms with E-state index in [-0.39, 0.29) is 18.8 Å². The number of nitrogens with zero attached hydrogens (tertiary/aromatic N) is 1. The molecule has 0 unspecified atom stereocenters. The van der Waals surface area contributed by atoms with Gasteiger partial charge in [-0.2, -0.15) is 0 Å². The monoisotopic (exact) mass is 423 g/mol. The second-order valence-corrected chi connectivity index (χ2v) is 6.95. The first-order valence-corrected chi connectivity index (χ1v) is 10.0. The largest absolute Gasteiger partial charge is 0.494 e. The van der Waals surface area contributed by atoms with Crippen LogP contribution < -0.4 is 9.47 Å². The van der Waals surface area contributed by atoms with Crippen LogP contribution in [0.25, 0.3) is 0 Å². The molecule has 0 saturated carbocycles. The van der Waals surface area contributed by atoms with Crippen LogP contribution in [0, 0.1) is 13.8 Å². The van der Waals surface area contributed by atoms with Gasteiger partial charge in [0, 0.05) is 5.56 Å². The summed E-state index contributed by atoms with van der Waals surface area (Å²) < 4.78 is 21.3. The van der Waals surface area contributed by atoms with Crippen molar-refractivity contribution >= 4 is 11.8 Å². The Morgan fingerprint density at radius 2 is 1.58 bits per heavy atom. The molecule has 0 aliphatic carbocycles. The molecule has 0 N–H and O–H groups in total. The third-order valence-corrected chi connectivity index (χ3v) is 4.69. The first kappa shape index (κ1) is 22.1. The summed E-state index contributed by atoms with van der Waals surface area (Å²) in [7, 11) is 0. The fourth-order valence-corrected chi connectivity index (χ4v) is 2.92. The lowest BCUT2D eigenvalue weighted by atomic mass is 10.1. The van der Waals surface area contributed by atoms with Gasteiger partial charge in [0.25, 0.3) is 0 Å². The Kier molecular flexibility index (Phi) is 7.43. The van der Waals surface area contributed by atoms with Crippen LogP contribution in [0.5, 0.6) is 11.5 Å². The van der Waals surface area contributed by atoms with Crippen molar-refractivity contribution in [3.8, 4) is 11.5 Å². The van der Waals surface area contributed by atoms with Crippen molar-refractivity contribution in [3.05, 3.63) is 76.7 Å². The van der Waals surface area contributed by atoms with Crippen LogP contribution in [0.4, 0.5) is 0 Å². The molecule has 0 aliphatic heterocycles. The zero-order valence-electron chi connectivity index (χ0n) is 17.8. The van der Waals surface area contributed by atoms with Gasteiger partial charge in [-0.3, -0.25) is 9.59 Å². The fourth-order valence-electron chi connectivity index (χ4n) is 2.92. The summed E-state index contributed by atoms with van der Waals surface area (Å²) >= 11 is 0. The van der Waals surface area contributed by atoms with E-state index in [9.17, 15) is 9.59 Å². The Balaban J connectivity index is 1.45. The van der Waals surface area contributed by atoms with Crippen molar-refractivity contribution in [2.24, 2.45) is 0 Å². The van der Waals surface area contributed by atoms with Gasteiger partial charge in [-0.1, -0.05) is 17.3 Å². The van der Waals surface area contributed by atoms with Gasteiger partial charge in [-0.25, -0.2) is 0 Å². The predicted molar refractivity (Wildman–Crippen MR) is 113 cm³/mol. The smallest absolute Gasteiger partial charge is 0.310 e. The summed E-state index contributed by atoms with van der Waals surface area (Å²) in [5.41, 5.74) is 2.96. The van der Waals surface area contributed by atoms with E-state index >= 15 is 0 Å². The second kappa shape index (κ2) is 10.4. The highest BCUT2D eigenvalue weighted by Crippen LogP contribution is 2.18. The summed E-state index contributed by atoms with van der Waals surface area (Å²) in [6.07, 6.45) is 0.0701. The van der Waals surface area contributed by atoms with Gasteiger partial charge in [0.1, 0.15) is 23.9 Å². The highest BCUT2D eigenvalue weighted by Gasteiger charge is 2.12. The molecule has 1 heterocycles. The van der Waals surface area contributed by atoms with Crippen molar-refractivity contribution in [2.45, 2.75) is 33.8 Å². The summed E-state index contributed by atoms with van der Waals surface area (Å²) in [6.45, 7) is 6.21. The van der Waals surface area contributed by atoms with Crippen LogP contribution in [0.2, 0.25) is 0 Å². The third-order valence-electron chi connectivity index (χ3n) is 4.69. The number of ketones is 1. The first-order chi connectivity index (χ1) is 15.0. The molecular formula is C24H25NO6. The van der Waals surface area contributed by atoms with E-state index in [2.05, 4.69) is 5.16 Å². The zero-order chi connectivity index (χ0) is 22.2. The average molecular weight is 423 g/mol. The Morgan fingerprint density at radius 1 is 0.935 bits per heavy atom. The van der Waals surface area contributed by atoms with Crippen LogP contribution in [0.15, 0.2) is 53.1 Å². The zero-order valence-corrected chi connectivity index (χ0v) is 17.8. The van der Waals surface area contributed by atoms with Gasteiger partial charge in [0.05, 0.1) is 24.3 Å². The normalized spacial score (nSPS) is 10.5. The van der Waals surface area contributed by atoms with Crippen molar-refractivity contribution < 1.29 is 28.3 Å². The number of aryl methyl sites for hydroxylation is 2. The van der Waals surface area contributed by atoms with Crippen molar-refractivity contribution in [3.63, 3.8) is 0 Å². The van der Waals surface area contributed by atoms with E-state index in [1.165, 1.54) is 0 Å². The van der Waals surface area contributed by atoms with Gasteiger partial charge in [-0.05, 0) is 62.7 Å². The van der Waals surface area contributed by atoms with E-state index in [1.54, 1.807) is 48.5 Å². The third kappa shape index (κ3) is 6.18. The number of ether oxygens (including phenoxy) is 3. The number of rotatable bonds is 10. The average Bonchev–Trinajstić information content (AvgIpc) is 3.09. The molecule has 0 radical (unpaired) electrons. The number of hydrogen-bond donors (Lipinski definition) is 0. The molecule has 162 valence electrons. The molecule has 7 heteroatoms. The topological polar surface area (TPSA) is 87.9 Å². The van der Waals surface area contributed by atoms with Crippen molar-refractivity contribution in [1.29, 1.82) is 0 Å². The van der Waals surface area contributed by atoms with Gasteiger partial charge < -0.3 is 18.7 Å². The Morgan fingerprint density at radius 3 is 2.19 bits per heavy atom. The number of esters is 1. The molecule has 0 atom stereocenters. The van der Waals surface area contributed by atoms with Crippen molar-refractivity contribution in [1.82, 2.24) is 5.16 Å². The highest BCUT2D eigenvalue weighted by molar-refractivity contribution is 5.98. The Labute approximate surface area is 180 Å². The number of hydrogen-bond acceptors (Lipinski definition) is 7. The van der Waals surface area contributed by atoms with Gasteiger partial charge >= 0.3 is 5.97 Å². The van der Waals surface area contributed by atoms with E-state index in [0.717, 1.165) is 22.6 Å². The van der Waals surface area contributed by atoms with Crippen molar-refractivity contribution in [2.75, 3.05) is 13.2 Å². The molecule has 31 heavy (non-hydrogen) atoms. The SMILES string of the molecule is CCOc1ccc(C(=O)COC(=O)Cc2ccc(OCc3c(C)noc3C)cc2)cc1. The molecule has 0 aliphatic rings. The molecule has 7 nitrogen and oxygen atoms in total. The lowest BCUT2D eigenvalue weighted by Crippen LogP contribution is -2.15. The van der Waals surface area contributed by atoms with Crippen LogP contribution in [-0.2, 0) is 22.6 Å². The predicted octanol–water partition coefficient (Wildman–Crippen LogP) is 4.24. The number of aromatic nitrogens is 1. The Hall–Kier alpha value is -3.61. The first-order valence-electron chi connectivity index (χ1n) is 10.0. The molecule has 1 aromatic heterocycles. The summed E-state index contributed by atoms with van der Waals surface area (Å²) in [4.78, 5) is 24.3. The minimum atomic E-state index is -0.469. The van der Waals surface area contributed by atoms with E-state index in [0.29, 0.717) is 30.3 Å². The second-order valence-electron chi connectivity index (χ2n) is 6.95. The molecule has 3 rings (SSSR count). The molecule has 0 saturated heterocycles. The van der Waals surface area contributed by atoms with Crippen LogP contribution in [-0.4, -0.2) is 30.1 Å².